The van der Waals surface area contributed by atoms with Crippen LogP contribution in [-0.4, -0.2) is 30.0 Å². The van der Waals surface area contributed by atoms with E-state index in [0.717, 1.165) is 0 Å². The zero-order valence-electron chi connectivity index (χ0n) is 6.24. The maximum atomic E-state index is 12.2. The zero-order chi connectivity index (χ0) is 11.8. The average Bonchev–Trinajstić information content (AvgIpc) is 2.03. The highest BCUT2D eigenvalue weighted by Crippen LogP contribution is 2.44. The van der Waals surface area contributed by atoms with Gasteiger partial charge in [0, 0.05) is 0 Å². The first-order valence-electron chi connectivity index (χ1n) is 2.90. The number of rotatable bonds is 4. The number of amides is 1. The SMILES string of the molecule is NC(=O)C(F)(F)C(F)(F)C(F)(F)C=O. The number of alkyl halides is 6. The molecule has 0 aromatic carbocycles. The molecule has 0 saturated heterocycles. The number of carbonyl (C=O) groups is 2. The maximum Gasteiger partial charge on any atom is 0.392 e. The molecule has 14 heavy (non-hydrogen) atoms. The van der Waals surface area contributed by atoms with Gasteiger partial charge < -0.3 is 5.73 Å². The Morgan fingerprint density at radius 1 is 1.07 bits per heavy atom. The lowest BCUT2D eigenvalue weighted by atomic mass is 10.1. The van der Waals surface area contributed by atoms with Crippen molar-refractivity contribution >= 4 is 12.2 Å². The third kappa shape index (κ3) is 1.53. The fourth-order valence-corrected chi connectivity index (χ4v) is 0.438. The normalized spacial score (nSPS) is 13.9. The van der Waals surface area contributed by atoms with Gasteiger partial charge in [-0.2, -0.15) is 26.3 Å². The summed E-state index contributed by atoms with van der Waals surface area (Å²) >= 11 is 0. The molecule has 0 aliphatic rings. The molecule has 0 heterocycles. The van der Waals surface area contributed by atoms with Gasteiger partial charge in [-0.05, 0) is 0 Å². The van der Waals surface area contributed by atoms with E-state index >= 15 is 0 Å². The van der Waals surface area contributed by atoms with Crippen molar-refractivity contribution in [1.82, 2.24) is 0 Å². The Morgan fingerprint density at radius 3 is 1.64 bits per heavy atom. The van der Waals surface area contributed by atoms with E-state index in [1.807, 2.05) is 0 Å². The lowest BCUT2D eigenvalue weighted by molar-refractivity contribution is -0.281. The van der Waals surface area contributed by atoms with Crippen LogP contribution in [0.15, 0.2) is 0 Å². The largest absolute Gasteiger partial charge is 0.392 e. The van der Waals surface area contributed by atoms with Crippen molar-refractivity contribution in [2.24, 2.45) is 5.73 Å². The van der Waals surface area contributed by atoms with E-state index in [1.54, 1.807) is 0 Å². The first kappa shape index (κ1) is 12.7. The quantitative estimate of drug-likeness (QED) is 0.559. The van der Waals surface area contributed by atoms with E-state index in [9.17, 15) is 35.9 Å². The van der Waals surface area contributed by atoms with Crippen molar-refractivity contribution in [2.45, 2.75) is 17.8 Å². The van der Waals surface area contributed by atoms with Gasteiger partial charge in [0.25, 0.3) is 5.91 Å². The topological polar surface area (TPSA) is 60.2 Å². The highest BCUT2D eigenvalue weighted by atomic mass is 19.3. The van der Waals surface area contributed by atoms with Crippen LogP contribution in [0.1, 0.15) is 0 Å². The monoisotopic (exact) mass is 223 g/mol. The van der Waals surface area contributed by atoms with Crippen LogP contribution in [0, 0.1) is 0 Å². The van der Waals surface area contributed by atoms with Crippen LogP contribution in [0.25, 0.3) is 0 Å². The fourth-order valence-electron chi connectivity index (χ4n) is 0.438. The summed E-state index contributed by atoms with van der Waals surface area (Å²) in [5.41, 5.74) is 3.79. The molecule has 0 fully saturated rings. The van der Waals surface area contributed by atoms with Crippen LogP contribution in [-0.2, 0) is 9.59 Å². The number of halogens is 6. The lowest BCUT2D eigenvalue weighted by Crippen LogP contribution is -2.60. The molecule has 82 valence electrons. The highest BCUT2D eigenvalue weighted by molar-refractivity contribution is 5.84. The van der Waals surface area contributed by atoms with Gasteiger partial charge in [0.15, 0.2) is 6.29 Å². The molecule has 3 nitrogen and oxygen atoms in total. The summed E-state index contributed by atoms with van der Waals surface area (Å²) in [6, 6.07) is 0. The highest BCUT2D eigenvalue weighted by Gasteiger charge is 2.74. The van der Waals surface area contributed by atoms with Crippen molar-refractivity contribution in [2.75, 3.05) is 0 Å². The number of carbonyl (C=O) groups excluding carboxylic acids is 2. The predicted molar refractivity (Wildman–Crippen MR) is 30.1 cm³/mol. The van der Waals surface area contributed by atoms with Crippen molar-refractivity contribution in [3.05, 3.63) is 0 Å². The summed E-state index contributed by atoms with van der Waals surface area (Å²) in [6.07, 6.45) is -1.68. The van der Waals surface area contributed by atoms with Gasteiger partial charge in [-0.25, -0.2) is 0 Å². The van der Waals surface area contributed by atoms with Gasteiger partial charge in [-0.15, -0.1) is 0 Å². The molecule has 0 rings (SSSR count). The van der Waals surface area contributed by atoms with Crippen molar-refractivity contribution < 1.29 is 35.9 Å². The van der Waals surface area contributed by atoms with Crippen LogP contribution >= 0.6 is 0 Å². The minimum Gasteiger partial charge on any atom is -0.364 e. The molecule has 0 aromatic rings. The Labute approximate surface area is 72.9 Å². The second-order valence-electron chi connectivity index (χ2n) is 2.25. The number of hydrogen-bond acceptors (Lipinski definition) is 2. The molecule has 0 aromatic heterocycles. The standard InChI is InChI=1S/C5H3F6NO2/c6-3(7,1-13)5(10,11)4(8,9)2(12)14/h1H,(H2,12,14). The second kappa shape index (κ2) is 3.14. The van der Waals surface area contributed by atoms with Crippen LogP contribution in [0.2, 0.25) is 0 Å². The lowest BCUT2D eigenvalue weighted by Gasteiger charge is -2.27. The van der Waals surface area contributed by atoms with E-state index in [1.165, 1.54) is 0 Å². The molecule has 0 aliphatic heterocycles. The smallest absolute Gasteiger partial charge is 0.364 e. The van der Waals surface area contributed by atoms with E-state index in [2.05, 4.69) is 5.73 Å². The average molecular weight is 223 g/mol. The van der Waals surface area contributed by atoms with Crippen molar-refractivity contribution in [1.29, 1.82) is 0 Å². The van der Waals surface area contributed by atoms with Gasteiger partial charge >= 0.3 is 17.8 Å². The molecule has 9 heteroatoms. The molecule has 0 unspecified atom stereocenters. The second-order valence-corrected chi connectivity index (χ2v) is 2.25. The molecule has 1 amide bonds. The minimum absolute atomic E-state index is 1.68. The third-order valence-electron chi connectivity index (χ3n) is 1.27. The Balaban J connectivity index is 5.35. The number of hydrogen-bond donors (Lipinski definition) is 1. The predicted octanol–water partition coefficient (Wildman–Crippen LogP) is 0.577. The summed E-state index contributed by atoms with van der Waals surface area (Å²) in [7, 11) is 0. The Bertz CT molecular complexity index is 263. The van der Waals surface area contributed by atoms with Crippen LogP contribution in [0.4, 0.5) is 26.3 Å². The summed E-state index contributed by atoms with van der Waals surface area (Å²) in [5, 5.41) is 0. The first-order valence-corrected chi connectivity index (χ1v) is 2.90. The summed E-state index contributed by atoms with van der Waals surface area (Å²) in [5.74, 6) is -20.5. The summed E-state index contributed by atoms with van der Waals surface area (Å²) in [6.45, 7) is 0. The fraction of sp³-hybridized carbons (Fsp3) is 0.600. The van der Waals surface area contributed by atoms with E-state index < -0.39 is 30.0 Å². The Morgan fingerprint density at radius 2 is 1.43 bits per heavy atom. The molecular formula is C5H3F6NO2. The Kier molecular flexibility index (Phi) is 2.85. The molecule has 2 N–H and O–H groups in total. The molecular weight excluding hydrogens is 220 g/mol. The van der Waals surface area contributed by atoms with Gasteiger partial charge in [-0.1, -0.05) is 0 Å². The van der Waals surface area contributed by atoms with Crippen LogP contribution in [0.3, 0.4) is 0 Å². The van der Waals surface area contributed by atoms with E-state index in [0.29, 0.717) is 0 Å². The zero-order valence-corrected chi connectivity index (χ0v) is 6.24. The van der Waals surface area contributed by atoms with Gasteiger partial charge in [0.1, 0.15) is 0 Å². The molecule has 0 spiro atoms. The number of nitrogens with two attached hydrogens (primary N) is 1. The molecule has 0 bridgehead atoms. The van der Waals surface area contributed by atoms with Gasteiger partial charge in [-0.3, -0.25) is 9.59 Å². The molecule has 0 saturated carbocycles. The number of aldehydes is 1. The van der Waals surface area contributed by atoms with Gasteiger partial charge in [0.05, 0.1) is 0 Å². The summed E-state index contributed by atoms with van der Waals surface area (Å²) in [4.78, 5) is 19.2. The molecule has 0 aliphatic carbocycles. The first-order chi connectivity index (χ1) is 6.00. The van der Waals surface area contributed by atoms with Gasteiger partial charge in [0.2, 0.25) is 0 Å². The van der Waals surface area contributed by atoms with Crippen molar-refractivity contribution in [3.8, 4) is 0 Å². The Hall–Kier alpha value is -1.28. The van der Waals surface area contributed by atoms with E-state index in [-0.39, 0.29) is 0 Å². The molecule has 0 atom stereocenters. The van der Waals surface area contributed by atoms with Crippen LogP contribution < -0.4 is 5.73 Å². The number of primary amides is 1. The maximum absolute atomic E-state index is 12.2. The summed E-state index contributed by atoms with van der Waals surface area (Å²) < 4.78 is 72.6. The van der Waals surface area contributed by atoms with Crippen LogP contribution in [0.5, 0.6) is 0 Å². The third-order valence-corrected chi connectivity index (χ3v) is 1.27. The molecule has 0 radical (unpaired) electrons. The van der Waals surface area contributed by atoms with E-state index in [4.69, 9.17) is 0 Å². The van der Waals surface area contributed by atoms with Crippen molar-refractivity contribution in [3.63, 3.8) is 0 Å². The minimum atomic E-state index is -6.15.